The van der Waals surface area contributed by atoms with Crippen molar-refractivity contribution in [3.63, 3.8) is 0 Å². The Morgan fingerprint density at radius 3 is 2.11 bits per heavy atom. The summed E-state index contributed by atoms with van der Waals surface area (Å²) in [7, 11) is 1.58. The summed E-state index contributed by atoms with van der Waals surface area (Å²) < 4.78 is 5.16. The van der Waals surface area contributed by atoms with E-state index in [0.717, 1.165) is 6.42 Å². The standard InChI is InChI=1S/C21H22N2O4/c1-11(24)22(12-3-5-13(27-2)6-4-12)10-23-20(25)18-14-7-8-15(17-9-16(14)17)19(18)21(23)26/h3-8,14-19H,9-10H2,1-2H3/t14-,15-,16-,17+,18-,19-/m1/s1. The molecule has 0 N–H and O–H groups in total. The molecule has 6 atom stereocenters. The summed E-state index contributed by atoms with van der Waals surface area (Å²) in [6, 6.07) is 7.05. The van der Waals surface area contributed by atoms with Crippen molar-refractivity contribution >= 4 is 23.4 Å². The zero-order chi connectivity index (χ0) is 18.9. The minimum atomic E-state index is -0.235. The van der Waals surface area contributed by atoms with E-state index >= 15 is 0 Å². The largest absolute Gasteiger partial charge is 0.497 e. The first kappa shape index (κ1) is 16.5. The van der Waals surface area contributed by atoms with E-state index in [2.05, 4.69) is 12.2 Å². The van der Waals surface area contributed by atoms with Gasteiger partial charge in [-0.15, -0.1) is 0 Å². The fourth-order valence-corrected chi connectivity index (χ4v) is 5.42. The molecule has 1 aromatic rings. The summed E-state index contributed by atoms with van der Waals surface area (Å²) in [5.74, 6) is 1.30. The molecule has 1 saturated heterocycles. The lowest BCUT2D eigenvalue weighted by Crippen LogP contribution is -2.44. The summed E-state index contributed by atoms with van der Waals surface area (Å²) in [5.41, 5.74) is 0.641. The maximum atomic E-state index is 13.1. The Morgan fingerprint density at radius 2 is 1.63 bits per heavy atom. The Bertz CT molecular complexity index is 825. The summed E-state index contributed by atoms with van der Waals surface area (Å²) >= 11 is 0. The first-order chi connectivity index (χ1) is 13.0. The van der Waals surface area contributed by atoms with E-state index in [-0.39, 0.29) is 48.1 Å². The zero-order valence-electron chi connectivity index (χ0n) is 15.4. The average molecular weight is 366 g/mol. The minimum Gasteiger partial charge on any atom is -0.497 e. The number of imide groups is 1. The van der Waals surface area contributed by atoms with Gasteiger partial charge in [0.1, 0.15) is 12.4 Å². The van der Waals surface area contributed by atoms with Gasteiger partial charge in [0.2, 0.25) is 17.7 Å². The monoisotopic (exact) mass is 366 g/mol. The highest BCUT2D eigenvalue weighted by Crippen LogP contribution is 2.65. The molecule has 3 fully saturated rings. The molecule has 0 spiro atoms. The second-order valence-electron chi connectivity index (χ2n) is 8.05. The highest BCUT2D eigenvalue weighted by Gasteiger charge is 2.67. The van der Waals surface area contributed by atoms with Crippen molar-refractivity contribution in [3.8, 4) is 5.75 Å². The number of methoxy groups -OCH3 is 1. The maximum absolute atomic E-state index is 13.1. The second kappa shape index (κ2) is 5.68. The third kappa shape index (κ3) is 2.28. The highest BCUT2D eigenvalue weighted by atomic mass is 16.5. The summed E-state index contributed by atoms with van der Waals surface area (Å²) in [6.07, 6.45) is 5.45. The van der Waals surface area contributed by atoms with E-state index in [4.69, 9.17) is 4.74 Å². The van der Waals surface area contributed by atoms with Gasteiger partial charge in [-0.1, -0.05) is 12.2 Å². The van der Waals surface area contributed by atoms with Gasteiger partial charge in [-0.3, -0.25) is 24.2 Å². The summed E-state index contributed by atoms with van der Waals surface area (Å²) in [5, 5.41) is 0. The Balaban J connectivity index is 1.42. The molecule has 140 valence electrons. The van der Waals surface area contributed by atoms with Crippen LogP contribution >= 0.6 is 0 Å². The van der Waals surface area contributed by atoms with Crippen LogP contribution in [-0.4, -0.2) is 36.4 Å². The second-order valence-corrected chi connectivity index (χ2v) is 8.05. The maximum Gasteiger partial charge on any atom is 0.235 e. The lowest BCUT2D eigenvalue weighted by molar-refractivity contribution is -0.140. The minimum absolute atomic E-state index is 0.0267. The van der Waals surface area contributed by atoms with E-state index in [0.29, 0.717) is 23.3 Å². The van der Waals surface area contributed by atoms with Crippen molar-refractivity contribution in [1.29, 1.82) is 0 Å². The molecule has 5 aliphatic rings. The fourth-order valence-electron chi connectivity index (χ4n) is 5.42. The number of hydrogen-bond donors (Lipinski definition) is 0. The van der Waals surface area contributed by atoms with Gasteiger partial charge in [-0.25, -0.2) is 0 Å². The predicted molar refractivity (Wildman–Crippen MR) is 97.6 cm³/mol. The number of carbonyl (C=O) groups is 3. The molecule has 6 heteroatoms. The van der Waals surface area contributed by atoms with Gasteiger partial charge in [0.25, 0.3) is 0 Å². The number of amides is 3. The van der Waals surface area contributed by atoms with E-state index in [9.17, 15) is 14.4 Å². The molecule has 2 bridgehead atoms. The molecular weight excluding hydrogens is 344 g/mol. The average Bonchev–Trinajstić information content (AvgIpc) is 3.46. The van der Waals surface area contributed by atoms with Crippen molar-refractivity contribution in [2.24, 2.45) is 35.5 Å². The SMILES string of the molecule is COc1ccc(N(CN2C(=O)[C@@H]3[C@@H]4C=C[C@H]([C@@H]5C[C@H]45)[C@H]3C2=O)C(C)=O)cc1. The van der Waals surface area contributed by atoms with Crippen molar-refractivity contribution in [2.45, 2.75) is 13.3 Å². The molecule has 1 aromatic carbocycles. The van der Waals surface area contributed by atoms with Crippen LogP contribution in [0.5, 0.6) is 5.75 Å². The Hall–Kier alpha value is -2.63. The van der Waals surface area contributed by atoms with Crippen LogP contribution in [0.15, 0.2) is 36.4 Å². The van der Waals surface area contributed by atoms with Crippen molar-refractivity contribution in [1.82, 2.24) is 4.90 Å². The number of carbonyl (C=O) groups excluding carboxylic acids is 3. The number of likely N-dealkylation sites (tertiary alicyclic amines) is 1. The summed E-state index contributed by atoms with van der Waals surface area (Å²) in [4.78, 5) is 41.2. The van der Waals surface area contributed by atoms with E-state index < -0.39 is 0 Å². The molecule has 6 nitrogen and oxygen atoms in total. The van der Waals surface area contributed by atoms with Crippen LogP contribution in [0.4, 0.5) is 5.69 Å². The lowest BCUT2D eigenvalue weighted by Gasteiger charge is -2.37. The van der Waals surface area contributed by atoms with Gasteiger partial charge < -0.3 is 4.74 Å². The zero-order valence-corrected chi connectivity index (χ0v) is 15.4. The lowest BCUT2D eigenvalue weighted by atomic mass is 9.63. The molecule has 6 rings (SSSR count). The number of ether oxygens (including phenoxy) is 1. The van der Waals surface area contributed by atoms with Gasteiger partial charge in [0, 0.05) is 12.6 Å². The number of benzene rings is 1. The van der Waals surface area contributed by atoms with Crippen LogP contribution in [0.3, 0.4) is 0 Å². The van der Waals surface area contributed by atoms with Gasteiger partial charge in [-0.05, 0) is 54.4 Å². The van der Waals surface area contributed by atoms with Crippen LogP contribution in [0.2, 0.25) is 0 Å². The van der Waals surface area contributed by atoms with Crippen molar-refractivity contribution in [2.75, 3.05) is 18.7 Å². The van der Waals surface area contributed by atoms with Crippen LogP contribution in [-0.2, 0) is 14.4 Å². The quantitative estimate of drug-likeness (QED) is 0.604. The Morgan fingerprint density at radius 1 is 1.07 bits per heavy atom. The number of rotatable bonds is 4. The smallest absolute Gasteiger partial charge is 0.235 e. The Labute approximate surface area is 157 Å². The number of nitrogens with zero attached hydrogens (tertiary/aromatic N) is 2. The fraction of sp³-hybridized carbons (Fsp3) is 0.476. The molecular formula is C21H22N2O4. The topological polar surface area (TPSA) is 66.9 Å². The third-order valence-corrected chi connectivity index (χ3v) is 6.80. The first-order valence-electron chi connectivity index (χ1n) is 9.47. The molecule has 0 aromatic heterocycles. The molecule has 3 amide bonds. The van der Waals surface area contributed by atoms with Crippen LogP contribution in [0.25, 0.3) is 0 Å². The van der Waals surface area contributed by atoms with Crippen molar-refractivity contribution in [3.05, 3.63) is 36.4 Å². The highest BCUT2D eigenvalue weighted by molar-refractivity contribution is 6.07. The van der Waals surface area contributed by atoms with Gasteiger partial charge in [-0.2, -0.15) is 0 Å². The molecule has 0 unspecified atom stereocenters. The number of anilines is 1. The Kier molecular flexibility index (Phi) is 3.48. The van der Waals surface area contributed by atoms with Gasteiger partial charge in [0.15, 0.2) is 0 Å². The van der Waals surface area contributed by atoms with E-state index in [1.165, 1.54) is 16.7 Å². The normalized spacial score (nSPS) is 35.1. The molecule has 4 aliphatic carbocycles. The third-order valence-electron chi connectivity index (χ3n) is 6.80. The van der Waals surface area contributed by atoms with E-state index in [1.54, 1.807) is 31.4 Å². The van der Waals surface area contributed by atoms with Crippen LogP contribution in [0.1, 0.15) is 13.3 Å². The number of allylic oxidation sites excluding steroid dienone is 2. The van der Waals surface area contributed by atoms with Gasteiger partial charge in [0.05, 0.1) is 18.9 Å². The summed E-state index contributed by atoms with van der Waals surface area (Å²) in [6.45, 7) is 1.42. The molecule has 1 aliphatic heterocycles. The number of hydrogen-bond acceptors (Lipinski definition) is 4. The van der Waals surface area contributed by atoms with Crippen LogP contribution in [0, 0.1) is 35.5 Å². The molecule has 2 saturated carbocycles. The van der Waals surface area contributed by atoms with E-state index in [1.807, 2.05) is 0 Å². The molecule has 1 heterocycles. The van der Waals surface area contributed by atoms with Crippen molar-refractivity contribution < 1.29 is 19.1 Å². The predicted octanol–water partition coefficient (Wildman–Crippen LogP) is 2.06. The molecule has 0 radical (unpaired) electrons. The van der Waals surface area contributed by atoms with Crippen LogP contribution < -0.4 is 9.64 Å². The van der Waals surface area contributed by atoms with Gasteiger partial charge >= 0.3 is 0 Å². The first-order valence-corrected chi connectivity index (χ1v) is 9.47. The molecule has 27 heavy (non-hydrogen) atoms.